The molecule has 2 N–H and O–H groups in total. The van der Waals surface area contributed by atoms with E-state index in [0.717, 1.165) is 32.1 Å². The van der Waals surface area contributed by atoms with E-state index in [9.17, 15) is 18.0 Å². The predicted octanol–water partition coefficient (Wildman–Crippen LogP) is 2.03. The van der Waals surface area contributed by atoms with Gasteiger partial charge in [-0.05, 0) is 58.0 Å². The molecule has 9 heteroatoms. The van der Waals surface area contributed by atoms with E-state index in [1.54, 1.807) is 31.1 Å². The number of hydrogen-bond donors (Lipinski definition) is 2. The fourth-order valence-corrected chi connectivity index (χ4v) is 5.05. The van der Waals surface area contributed by atoms with E-state index >= 15 is 0 Å². The first-order chi connectivity index (χ1) is 14.1. The molecule has 0 aromatic heterocycles. The molecule has 0 atom stereocenters. The molecule has 1 aliphatic carbocycles. The number of hydrogen-bond acceptors (Lipinski definition) is 5. The zero-order valence-electron chi connectivity index (χ0n) is 18.3. The van der Waals surface area contributed by atoms with Gasteiger partial charge in [0.2, 0.25) is 21.8 Å². The summed E-state index contributed by atoms with van der Waals surface area (Å²) in [6.45, 7) is 3.93. The summed E-state index contributed by atoms with van der Waals surface area (Å²) in [7, 11) is -0.223. The number of carbonyl (C=O) groups excluding carboxylic acids is 2. The Hall–Kier alpha value is -1.97. The zero-order chi connectivity index (χ0) is 22.3. The van der Waals surface area contributed by atoms with Crippen LogP contribution in [0.1, 0.15) is 46.0 Å². The van der Waals surface area contributed by atoms with Crippen molar-refractivity contribution < 1.29 is 18.0 Å². The first-order valence-electron chi connectivity index (χ1n) is 10.5. The van der Waals surface area contributed by atoms with Crippen LogP contribution in [0, 0.1) is 0 Å². The topological polar surface area (TPSA) is 98.8 Å². The molecular formula is C21H34N4O4S. The van der Waals surface area contributed by atoms with Crippen LogP contribution in [0.5, 0.6) is 0 Å². The molecule has 1 aliphatic rings. The molecule has 1 saturated carbocycles. The molecule has 1 aromatic rings. The summed E-state index contributed by atoms with van der Waals surface area (Å²) in [4.78, 5) is 25.8. The predicted molar refractivity (Wildman–Crippen MR) is 118 cm³/mol. The van der Waals surface area contributed by atoms with Gasteiger partial charge in [0.05, 0.1) is 18.0 Å². The lowest BCUT2D eigenvalue weighted by molar-refractivity contribution is -0.123. The standard InChI is InChI=1S/C21H34N4O4S/c1-16(2)22-20(26)14-24(3)15-21(27)23-17-10-12-19(13-11-17)30(28,29)25(4)18-8-6-5-7-9-18/h10-13,16,18H,5-9,14-15H2,1-4H3,(H,22,26)(H,23,27). The van der Waals surface area contributed by atoms with Gasteiger partial charge in [-0.3, -0.25) is 14.5 Å². The number of anilines is 1. The number of likely N-dealkylation sites (N-methyl/N-ethyl adjacent to an activating group) is 1. The van der Waals surface area contributed by atoms with E-state index < -0.39 is 10.0 Å². The number of carbonyl (C=O) groups is 2. The van der Waals surface area contributed by atoms with E-state index in [0.29, 0.717) is 5.69 Å². The summed E-state index contributed by atoms with van der Waals surface area (Å²) in [5.41, 5.74) is 0.513. The minimum Gasteiger partial charge on any atom is -0.353 e. The van der Waals surface area contributed by atoms with Crippen molar-refractivity contribution in [2.75, 3.05) is 32.5 Å². The Bertz CT molecular complexity index is 818. The summed E-state index contributed by atoms with van der Waals surface area (Å²) in [6.07, 6.45) is 5.07. The highest BCUT2D eigenvalue weighted by Crippen LogP contribution is 2.26. The van der Waals surface area contributed by atoms with Gasteiger partial charge in [-0.15, -0.1) is 0 Å². The van der Waals surface area contributed by atoms with Gasteiger partial charge in [-0.1, -0.05) is 19.3 Å². The Balaban J connectivity index is 1.91. The van der Waals surface area contributed by atoms with Crippen LogP contribution in [-0.2, 0) is 19.6 Å². The van der Waals surface area contributed by atoms with Crippen LogP contribution in [0.3, 0.4) is 0 Å². The lowest BCUT2D eigenvalue weighted by atomic mass is 9.96. The van der Waals surface area contributed by atoms with Gasteiger partial charge in [-0.2, -0.15) is 4.31 Å². The molecule has 0 heterocycles. The summed E-state index contributed by atoms with van der Waals surface area (Å²) in [5.74, 6) is -0.415. The van der Waals surface area contributed by atoms with E-state index in [1.807, 2.05) is 13.8 Å². The van der Waals surface area contributed by atoms with E-state index in [1.165, 1.54) is 16.4 Å². The van der Waals surface area contributed by atoms with Crippen LogP contribution in [0.4, 0.5) is 5.69 Å². The molecule has 0 saturated heterocycles. The summed E-state index contributed by atoms with van der Waals surface area (Å²) >= 11 is 0. The van der Waals surface area contributed by atoms with Crippen LogP contribution < -0.4 is 10.6 Å². The maximum atomic E-state index is 12.9. The van der Waals surface area contributed by atoms with Gasteiger partial charge in [0.1, 0.15) is 0 Å². The van der Waals surface area contributed by atoms with Gasteiger partial charge >= 0.3 is 0 Å². The van der Waals surface area contributed by atoms with Crippen molar-refractivity contribution in [1.82, 2.24) is 14.5 Å². The summed E-state index contributed by atoms with van der Waals surface area (Å²) in [6, 6.07) is 6.31. The molecule has 30 heavy (non-hydrogen) atoms. The molecule has 0 radical (unpaired) electrons. The summed E-state index contributed by atoms with van der Waals surface area (Å²) in [5, 5.41) is 5.51. The van der Waals surface area contributed by atoms with E-state index in [-0.39, 0.29) is 41.9 Å². The van der Waals surface area contributed by atoms with Gasteiger partial charge < -0.3 is 10.6 Å². The minimum atomic E-state index is -3.56. The highest BCUT2D eigenvalue weighted by atomic mass is 32.2. The van der Waals surface area contributed by atoms with Gasteiger partial charge in [0, 0.05) is 24.8 Å². The lowest BCUT2D eigenvalue weighted by Crippen LogP contribution is -2.41. The monoisotopic (exact) mass is 438 g/mol. The van der Waals surface area contributed by atoms with Crippen molar-refractivity contribution in [1.29, 1.82) is 0 Å². The van der Waals surface area contributed by atoms with Crippen molar-refractivity contribution in [3.05, 3.63) is 24.3 Å². The van der Waals surface area contributed by atoms with Crippen molar-refractivity contribution in [3.8, 4) is 0 Å². The Labute approximate surface area is 180 Å². The maximum absolute atomic E-state index is 12.9. The van der Waals surface area contributed by atoms with Crippen LogP contribution in [0.25, 0.3) is 0 Å². The Morgan fingerprint density at radius 2 is 1.57 bits per heavy atom. The molecule has 1 fully saturated rings. The smallest absolute Gasteiger partial charge is 0.243 e. The van der Waals surface area contributed by atoms with E-state index in [2.05, 4.69) is 10.6 Å². The fourth-order valence-electron chi connectivity index (χ4n) is 3.63. The molecule has 0 bridgehead atoms. The van der Waals surface area contributed by atoms with Crippen LogP contribution >= 0.6 is 0 Å². The average Bonchev–Trinajstić information content (AvgIpc) is 2.67. The van der Waals surface area contributed by atoms with Crippen molar-refractivity contribution >= 4 is 27.5 Å². The summed E-state index contributed by atoms with van der Waals surface area (Å²) < 4.78 is 27.2. The molecular weight excluding hydrogens is 404 g/mol. The first kappa shape index (κ1) is 24.3. The van der Waals surface area contributed by atoms with Gasteiger partial charge in [0.15, 0.2) is 0 Å². The first-order valence-corrected chi connectivity index (χ1v) is 11.9. The zero-order valence-corrected chi connectivity index (χ0v) is 19.2. The Kier molecular flexibility index (Phi) is 8.81. The number of rotatable bonds is 9. The Morgan fingerprint density at radius 1 is 1.00 bits per heavy atom. The van der Waals surface area contributed by atoms with Crippen molar-refractivity contribution in [2.24, 2.45) is 0 Å². The third-order valence-corrected chi connectivity index (χ3v) is 7.10. The average molecular weight is 439 g/mol. The second kappa shape index (κ2) is 10.9. The van der Waals surface area contributed by atoms with Crippen LogP contribution in [0.15, 0.2) is 29.2 Å². The quantitative estimate of drug-likeness (QED) is 0.615. The molecule has 0 spiro atoms. The molecule has 1 aromatic carbocycles. The van der Waals surface area contributed by atoms with Gasteiger partial charge in [-0.25, -0.2) is 8.42 Å². The molecule has 168 valence electrons. The number of benzene rings is 1. The highest BCUT2D eigenvalue weighted by Gasteiger charge is 2.28. The molecule has 2 rings (SSSR count). The molecule has 0 unspecified atom stereocenters. The number of amides is 2. The van der Waals surface area contributed by atoms with Crippen molar-refractivity contribution in [2.45, 2.75) is 62.9 Å². The second-order valence-electron chi connectivity index (χ2n) is 8.28. The number of nitrogens with zero attached hydrogens (tertiary/aromatic N) is 2. The SMILES string of the molecule is CC(C)NC(=O)CN(C)CC(=O)Nc1ccc(S(=O)(=O)N(C)C2CCCCC2)cc1. The fraction of sp³-hybridized carbons (Fsp3) is 0.619. The minimum absolute atomic E-state index is 0.0477. The lowest BCUT2D eigenvalue weighted by Gasteiger charge is -2.30. The number of sulfonamides is 1. The van der Waals surface area contributed by atoms with E-state index in [4.69, 9.17) is 0 Å². The van der Waals surface area contributed by atoms with Crippen LogP contribution in [0.2, 0.25) is 0 Å². The maximum Gasteiger partial charge on any atom is 0.243 e. The van der Waals surface area contributed by atoms with Gasteiger partial charge in [0.25, 0.3) is 0 Å². The molecule has 0 aliphatic heterocycles. The molecule has 2 amide bonds. The van der Waals surface area contributed by atoms with Crippen molar-refractivity contribution in [3.63, 3.8) is 0 Å². The number of nitrogens with one attached hydrogen (secondary N) is 2. The Morgan fingerprint density at radius 3 is 2.13 bits per heavy atom. The third-order valence-electron chi connectivity index (χ3n) is 5.18. The largest absolute Gasteiger partial charge is 0.353 e. The second-order valence-corrected chi connectivity index (χ2v) is 10.3. The highest BCUT2D eigenvalue weighted by molar-refractivity contribution is 7.89. The normalized spacial score (nSPS) is 15.6. The van der Waals surface area contributed by atoms with Crippen LogP contribution in [-0.4, -0.2) is 68.7 Å². The third kappa shape index (κ3) is 7.07. The molecule has 8 nitrogen and oxygen atoms in total.